The Morgan fingerprint density at radius 1 is 1.09 bits per heavy atom. The van der Waals surface area contributed by atoms with E-state index in [1.54, 1.807) is 11.3 Å². The molecule has 168 valence electrons. The number of benzene rings is 2. The van der Waals surface area contributed by atoms with Crippen molar-refractivity contribution in [2.45, 2.75) is 32.8 Å². The summed E-state index contributed by atoms with van der Waals surface area (Å²) in [5, 5.41) is 17.6. The van der Waals surface area contributed by atoms with Gasteiger partial charge in [0.05, 0.1) is 5.92 Å². The maximum Gasteiger partial charge on any atom is 0.176 e. The molecule has 0 aliphatic heterocycles. The number of aromatic amines is 1. The van der Waals surface area contributed by atoms with E-state index in [0.29, 0.717) is 18.9 Å². The number of pyridine rings is 1. The molecule has 1 atom stereocenters. The molecule has 1 N–H and O–H groups in total. The van der Waals surface area contributed by atoms with Crippen molar-refractivity contribution >= 4 is 21.6 Å². The molecular formula is C27H23N5OS. The SMILES string of the molecule is CC#CC(Cc1nn[nH]n1)c1ccc(OCc2cnc3scc(-c4ccccc4C)c3c2)cc1. The van der Waals surface area contributed by atoms with Gasteiger partial charge in [0.25, 0.3) is 0 Å². The number of tetrazole rings is 1. The van der Waals surface area contributed by atoms with Gasteiger partial charge in [-0.2, -0.15) is 5.21 Å². The number of fused-ring (bicyclic) bond motifs is 1. The fraction of sp³-hybridized carbons (Fsp3) is 0.185. The van der Waals surface area contributed by atoms with Gasteiger partial charge in [-0.05, 0) is 48.7 Å². The van der Waals surface area contributed by atoms with Gasteiger partial charge in [0.15, 0.2) is 5.82 Å². The molecule has 0 saturated heterocycles. The van der Waals surface area contributed by atoms with Gasteiger partial charge in [-0.1, -0.05) is 47.5 Å². The van der Waals surface area contributed by atoms with Crippen molar-refractivity contribution in [3.63, 3.8) is 0 Å². The fourth-order valence-corrected chi connectivity index (χ4v) is 4.86. The van der Waals surface area contributed by atoms with E-state index in [1.165, 1.54) is 16.7 Å². The standard InChI is InChI=1S/C27H23N5OS/c1-3-6-21(14-26-29-31-32-30-26)20-9-11-22(12-10-20)33-16-19-13-24-25(17-34-27(24)28-15-19)23-8-5-4-7-18(23)2/h4-5,7-13,15,17,21H,14,16H2,1-2H3,(H,29,30,31,32). The average Bonchev–Trinajstić information content (AvgIpc) is 3.53. The second-order valence-electron chi connectivity index (χ2n) is 8.00. The molecule has 0 bridgehead atoms. The van der Waals surface area contributed by atoms with Crippen LogP contribution in [0.2, 0.25) is 0 Å². The Bertz CT molecular complexity index is 1460. The van der Waals surface area contributed by atoms with Crippen LogP contribution in [0.25, 0.3) is 21.3 Å². The first-order valence-electron chi connectivity index (χ1n) is 11.0. The summed E-state index contributed by atoms with van der Waals surface area (Å²) in [5.74, 6) is 7.68. The second-order valence-corrected chi connectivity index (χ2v) is 8.86. The van der Waals surface area contributed by atoms with Crippen molar-refractivity contribution in [3.05, 3.63) is 88.7 Å². The lowest BCUT2D eigenvalue weighted by Gasteiger charge is -2.11. The molecule has 0 saturated carbocycles. The molecule has 3 heterocycles. The molecule has 0 aliphatic carbocycles. The van der Waals surface area contributed by atoms with E-state index >= 15 is 0 Å². The van der Waals surface area contributed by atoms with E-state index in [-0.39, 0.29) is 5.92 Å². The molecule has 5 rings (SSSR count). The smallest absolute Gasteiger partial charge is 0.176 e. The van der Waals surface area contributed by atoms with Crippen LogP contribution in [0.3, 0.4) is 0 Å². The van der Waals surface area contributed by atoms with Crippen LogP contribution in [0.15, 0.2) is 66.2 Å². The van der Waals surface area contributed by atoms with Gasteiger partial charge in [-0.25, -0.2) is 4.98 Å². The Balaban J connectivity index is 1.31. The number of aryl methyl sites for hydroxylation is 1. The summed E-state index contributed by atoms with van der Waals surface area (Å²) in [5.41, 5.74) is 5.86. The lowest BCUT2D eigenvalue weighted by Crippen LogP contribution is -2.03. The van der Waals surface area contributed by atoms with E-state index in [9.17, 15) is 0 Å². The van der Waals surface area contributed by atoms with Gasteiger partial charge in [-0.15, -0.1) is 27.5 Å². The summed E-state index contributed by atoms with van der Waals surface area (Å²) >= 11 is 1.67. The summed E-state index contributed by atoms with van der Waals surface area (Å²) in [6, 6.07) is 18.7. The van der Waals surface area contributed by atoms with Gasteiger partial charge >= 0.3 is 0 Å². The van der Waals surface area contributed by atoms with Crippen LogP contribution < -0.4 is 4.74 Å². The predicted molar refractivity (Wildman–Crippen MR) is 135 cm³/mol. The van der Waals surface area contributed by atoms with Crippen molar-refractivity contribution in [1.29, 1.82) is 0 Å². The van der Waals surface area contributed by atoms with Crippen LogP contribution in [0, 0.1) is 18.8 Å². The maximum absolute atomic E-state index is 6.08. The number of nitrogens with one attached hydrogen (secondary N) is 1. The van der Waals surface area contributed by atoms with Crippen LogP contribution in [0.1, 0.15) is 35.4 Å². The topological polar surface area (TPSA) is 76.6 Å². The molecule has 3 aromatic heterocycles. The Labute approximate surface area is 202 Å². The number of rotatable bonds is 7. The fourth-order valence-electron chi connectivity index (χ4n) is 3.96. The van der Waals surface area contributed by atoms with E-state index in [4.69, 9.17) is 4.74 Å². The van der Waals surface area contributed by atoms with Crippen molar-refractivity contribution in [3.8, 4) is 28.7 Å². The summed E-state index contributed by atoms with van der Waals surface area (Å²) in [6.07, 6.45) is 2.50. The minimum absolute atomic E-state index is 0.00159. The quantitative estimate of drug-likeness (QED) is 0.311. The van der Waals surface area contributed by atoms with Crippen molar-refractivity contribution in [2.75, 3.05) is 0 Å². The Hall–Kier alpha value is -4.02. The second kappa shape index (κ2) is 9.86. The van der Waals surface area contributed by atoms with Gasteiger partial charge in [-0.3, -0.25) is 0 Å². The molecule has 2 aromatic carbocycles. The van der Waals surface area contributed by atoms with Crippen LogP contribution in [0.4, 0.5) is 0 Å². The number of ether oxygens (including phenoxy) is 1. The third-order valence-corrected chi connectivity index (χ3v) is 6.61. The minimum atomic E-state index is 0.00159. The normalized spacial score (nSPS) is 11.7. The highest BCUT2D eigenvalue weighted by atomic mass is 32.1. The number of thiophene rings is 1. The Morgan fingerprint density at radius 2 is 1.94 bits per heavy atom. The van der Waals surface area contributed by atoms with E-state index in [1.807, 2.05) is 37.4 Å². The van der Waals surface area contributed by atoms with Gasteiger partial charge in [0.2, 0.25) is 0 Å². The molecule has 34 heavy (non-hydrogen) atoms. The summed E-state index contributed by atoms with van der Waals surface area (Å²) in [6.45, 7) is 4.43. The summed E-state index contributed by atoms with van der Waals surface area (Å²) in [4.78, 5) is 5.70. The van der Waals surface area contributed by atoms with Gasteiger partial charge in [0.1, 0.15) is 17.2 Å². The molecule has 7 heteroatoms. The average molecular weight is 466 g/mol. The summed E-state index contributed by atoms with van der Waals surface area (Å²) in [7, 11) is 0. The highest BCUT2D eigenvalue weighted by Gasteiger charge is 2.13. The first-order chi connectivity index (χ1) is 16.7. The zero-order chi connectivity index (χ0) is 23.3. The molecule has 0 amide bonds. The van der Waals surface area contributed by atoms with Crippen LogP contribution in [0.5, 0.6) is 5.75 Å². The van der Waals surface area contributed by atoms with E-state index in [2.05, 4.69) is 80.1 Å². The largest absolute Gasteiger partial charge is 0.489 e. The number of hydrogen-bond donors (Lipinski definition) is 1. The highest BCUT2D eigenvalue weighted by Crippen LogP contribution is 2.35. The van der Waals surface area contributed by atoms with Crippen molar-refractivity contribution in [1.82, 2.24) is 25.6 Å². The van der Waals surface area contributed by atoms with Crippen molar-refractivity contribution in [2.24, 2.45) is 0 Å². The number of H-pyrrole nitrogens is 1. The van der Waals surface area contributed by atoms with E-state index in [0.717, 1.165) is 27.1 Å². The monoisotopic (exact) mass is 465 g/mol. The minimum Gasteiger partial charge on any atom is -0.489 e. The van der Waals surface area contributed by atoms with Crippen LogP contribution in [-0.2, 0) is 13.0 Å². The zero-order valence-electron chi connectivity index (χ0n) is 18.9. The lowest BCUT2D eigenvalue weighted by molar-refractivity contribution is 0.306. The van der Waals surface area contributed by atoms with Gasteiger partial charge in [0, 0.05) is 34.5 Å². The van der Waals surface area contributed by atoms with E-state index < -0.39 is 0 Å². The maximum atomic E-state index is 6.08. The summed E-state index contributed by atoms with van der Waals surface area (Å²) < 4.78 is 6.08. The van der Waals surface area contributed by atoms with Crippen LogP contribution in [-0.4, -0.2) is 25.6 Å². The molecule has 6 nitrogen and oxygen atoms in total. The predicted octanol–water partition coefficient (Wildman–Crippen LogP) is 5.71. The lowest BCUT2D eigenvalue weighted by atomic mass is 9.96. The van der Waals surface area contributed by atoms with Crippen LogP contribution >= 0.6 is 11.3 Å². The molecular weight excluding hydrogens is 442 g/mol. The van der Waals surface area contributed by atoms with Gasteiger partial charge < -0.3 is 4.74 Å². The first-order valence-corrected chi connectivity index (χ1v) is 11.9. The third kappa shape index (κ3) is 4.68. The number of aromatic nitrogens is 5. The molecule has 1 unspecified atom stereocenters. The third-order valence-electron chi connectivity index (χ3n) is 5.70. The first kappa shape index (κ1) is 21.8. The Kier molecular flexibility index (Phi) is 6.32. The molecule has 0 fully saturated rings. The number of nitrogens with zero attached hydrogens (tertiary/aromatic N) is 4. The highest BCUT2D eigenvalue weighted by molar-refractivity contribution is 7.17. The molecule has 0 radical (unpaired) electrons. The molecule has 5 aromatic rings. The van der Waals surface area contributed by atoms with Crippen molar-refractivity contribution < 1.29 is 4.74 Å². The zero-order valence-corrected chi connectivity index (χ0v) is 19.8. The molecule has 0 aliphatic rings. The Morgan fingerprint density at radius 3 is 2.71 bits per heavy atom. The molecule has 0 spiro atoms. The number of hydrogen-bond acceptors (Lipinski definition) is 6.